The van der Waals surface area contributed by atoms with E-state index in [4.69, 9.17) is 5.73 Å². The topological polar surface area (TPSA) is 66.6 Å². The van der Waals surface area contributed by atoms with Gasteiger partial charge < -0.3 is 15.5 Å². The summed E-state index contributed by atoms with van der Waals surface area (Å²) in [7, 11) is 0. The molecule has 2 aromatic rings. The van der Waals surface area contributed by atoms with Crippen molar-refractivity contribution < 1.29 is 18.4 Å². The third-order valence-corrected chi connectivity index (χ3v) is 4.67. The van der Waals surface area contributed by atoms with Crippen LogP contribution in [0.2, 0.25) is 0 Å². The number of benzene rings is 2. The first kappa shape index (κ1) is 21.8. The van der Waals surface area contributed by atoms with Gasteiger partial charge in [0.15, 0.2) is 0 Å². The van der Waals surface area contributed by atoms with Crippen molar-refractivity contribution in [2.24, 2.45) is 5.73 Å². The van der Waals surface area contributed by atoms with Crippen LogP contribution < -0.4 is 5.73 Å². The van der Waals surface area contributed by atoms with E-state index in [0.717, 1.165) is 17.7 Å². The van der Waals surface area contributed by atoms with Gasteiger partial charge in [-0.25, -0.2) is 8.78 Å². The van der Waals surface area contributed by atoms with Crippen molar-refractivity contribution >= 4 is 24.2 Å². The smallest absolute Gasteiger partial charge is 0.259 e. The van der Waals surface area contributed by atoms with Gasteiger partial charge in [0.25, 0.3) is 5.91 Å². The quantitative estimate of drug-likeness (QED) is 0.842. The minimum absolute atomic E-state index is 0. The minimum Gasteiger partial charge on any atom is -0.338 e. The van der Waals surface area contributed by atoms with E-state index >= 15 is 0 Å². The van der Waals surface area contributed by atoms with Crippen LogP contribution in [0.4, 0.5) is 8.78 Å². The van der Waals surface area contributed by atoms with Crippen molar-refractivity contribution in [1.82, 2.24) is 9.80 Å². The molecule has 28 heavy (non-hydrogen) atoms. The number of carbonyl (C=O) groups is 2. The minimum atomic E-state index is -0.886. The van der Waals surface area contributed by atoms with Crippen molar-refractivity contribution in [2.45, 2.75) is 12.5 Å². The van der Waals surface area contributed by atoms with Crippen molar-refractivity contribution in [3.05, 3.63) is 71.3 Å². The first-order valence-corrected chi connectivity index (χ1v) is 8.79. The van der Waals surface area contributed by atoms with Crippen LogP contribution in [0.25, 0.3) is 0 Å². The fourth-order valence-corrected chi connectivity index (χ4v) is 3.18. The van der Waals surface area contributed by atoms with Gasteiger partial charge in [-0.3, -0.25) is 9.59 Å². The molecular formula is C20H22ClF2N3O2. The molecule has 2 aromatic carbocycles. The average molecular weight is 410 g/mol. The summed E-state index contributed by atoms with van der Waals surface area (Å²) in [6.45, 7) is 0.971. The molecule has 8 heteroatoms. The number of hydrogen-bond acceptors (Lipinski definition) is 3. The monoisotopic (exact) mass is 409 g/mol. The Kier molecular flexibility index (Phi) is 7.48. The maximum absolute atomic E-state index is 13.8. The number of amides is 2. The second-order valence-electron chi connectivity index (χ2n) is 6.51. The second kappa shape index (κ2) is 9.61. The highest BCUT2D eigenvalue weighted by molar-refractivity contribution is 5.95. The number of nitrogens with two attached hydrogens (primary N) is 1. The van der Waals surface area contributed by atoms with E-state index in [9.17, 15) is 18.4 Å². The summed E-state index contributed by atoms with van der Waals surface area (Å²) in [6, 6.07) is 12.1. The third-order valence-electron chi connectivity index (χ3n) is 4.67. The zero-order chi connectivity index (χ0) is 19.4. The number of halogens is 3. The van der Waals surface area contributed by atoms with E-state index < -0.39 is 29.1 Å². The SMILES string of the molecule is Cl.N[C@@H](Cc1ccccc1)C(=O)N1CCN(C(=O)c2c(F)cccc2F)CC1. The standard InChI is InChI=1S/C20H21F2N3O2.ClH/c21-15-7-4-8-16(22)18(15)20(27)25-11-9-24(10-12-25)19(26)17(23)13-14-5-2-1-3-6-14;/h1-8,17H,9-13,23H2;1H/t17-;/m0./s1. The highest BCUT2D eigenvalue weighted by Gasteiger charge is 2.29. The molecule has 0 bridgehead atoms. The van der Waals surface area contributed by atoms with Gasteiger partial charge >= 0.3 is 0 Å². The summed E-state index contributed by atoms with van der Waals surface area (Å²) in [4.78, 5) is 27.9. The molecule has 1 aliphatic rings. The van der Waals surface area contributed by atoms with E-state index in [1.54, 1.807) is 4.90 Å². The normalized spacial score (nSPS) is 15.0. The molecule has 2 N–H and O–H groups in total. The molecule has 1 heterocycles. The second-order valence-corrected chi connectivity index (χ2v) is 6.51. The Balaban J connectivity index is 0.00000280. The highest BCUT2D eigenvalue weighted by Crippen LogP contribution is 2.16. The van der Waals surface area contributed by atoms with Gasteiger partial charge in [0.2, 0.25) is 5.91 Å². The lowest BCUT2D eigenvalue weighted by Gasteiger charge is -2.36. The van der Waals surface area contributed by atoms with Crippen molar-refractivity contribution in [2.75, 3.05) is 26.2 Å². The van der Waals surface area contributed by atoms with Gasteiger partial charge in [0.1, 0.15) is 17.2 Å². The van der Waals surface area contributed by atoms with Gasteiger partial charge in [-0.2, -0.15) is 0 Å². The Hall–Kier alpha value is -2.51. The number of nitrogens with zero attached hydrogens (tertiary/aromatic N) is 2. The Bertz CT molecular complexity index is 807. The van der Waals surface area contributed by atoms with E-state index in [1.807, 2.05) is 30.3 Å². The molecule has 1 aliphatic heterocycles. The predicted octanol–water partition coefficient (Wildman–Crippen LogP) is 2.24. The lowest BCUT2D eigenvalue weighted by molar-refractivity contribution is -0.134. The Labute approximate surface area is 168 Å². The Morgan fingerprint density at radius 3 is 2.00 bits per heavy atom. The molecule has 0 spiro atoms. The van der Waals surface area contributed by atoms with Gasteiger partial charge in [0, 0.05) is 26.2 Å². The molecule has 1 atom stereocenters. The molecule has 0 aliphatic carbocycles. The largest absolute Gasteiger partial charge is 0.338 e. The summed E-state index contributed by atoms with van der Waals surface area (Å²) in [5.74, 6) is -2.67. The van der Waals surface area contributed by atoms with E-state index in [0.29, 0.717) is 6.42 Å². The lowest BCUT2D eigenvalue weighted by Crippen LogP contribution is -2.54. The third kappa shape index (κ3) is 4.85. The zero-order valence-electron chi connectivity index (χ0n) is 15.2. The molecule has 0 aromatic heterocycles. The lowest BCUT2D eigenvalue weighted by atomic mass is 10.1. The van der Waals surface area contributed by atoms with Gasteiger partial charge in [-0.15, -0.1) is 12.4 Å². The van der Waals surface area contributed by atoms with Crippen LogP contribution in [0, 0.1) is 11.6 Å². The molecule has 3 rings (SSSR count). The molecule has 1 fully saturated rings. The van der Waals surface area contributed by atoms with E-state index in [1.165, 1.54) is 11.0 Å². The molecule has 0 saturated carbocycles. The summed E-state index contributed by atoms with van der Waals surface area (Å²) in [6.07, 6.45) is 0.430. The van der Waals surface area contributed by atoms with E-state index in [2.05, 4.69) is 0 Å². The first-order chi connectivity index (χ1) is 13.0. The van der Waals surface area contributed by atoms with Crippen LogP contribution in [-0.4, -0.2) is 53.8 Å². The van der Waals surface area contributed by atoms with E-state index in [-0.39, 0.29) is 44.5 Å². The van der Waals surface area contributed by atoms with Crippen molar-refractivity contribution in [1.29, 1.82) is 0 Å². The van der Waals surface area contributed by atoms with Crippen molar-refractivity contribution in [3.63, 3.8) is 0 Å². The number of hydrogen-bond donors (Lipinski definition) is 1. The maximum Gasteiger partial charge on any atom is 0.259 e. The Morgan fingerprint density at radius 1 is 0.893 bits per heavy atom. The molecule has 1 saturated heterocycles. The van der Waals surface area contributed by atoms with Crippen molar-refractivity contribution in [3.8, 4) is 0 Å². The van der Waals surface area contributed by atoms with Gasteiger partial charge in [-0.1, -0.05) is 36.4 Å². The zero-order valence-corrected chi connectivity index (χ0v) is 16.0. The summed E-state index contributed by atoms with van der Waals surface area (Å²) in [5, 5.41) is 0. The van der Waals surface area contributed by atoms with Crippen LogP contribution in [0.1, 0.15) is 15.9 Å². The molecule has 5 nitrogen and oxygen atoms in total. The fraction of sp³-hybridized carbons (Fsp3) is 0.300. The Morgan fingerprint density at radius 2 is 1.43 bits per heavy atom. The number of rotatable bonds is 4. The summed E-state index contributed by atoms with van der Waals surface area (Å²) in [5.41, 5.74) is 6.45. The molecule has 0 radical (unpaired) electrons. The summed E-state index contributed by atoms with van der Waals surface area (Å²) < 4.78 is 27.6. The maximum atomic E-state index is 13.8. The van der Waals surface area contributed by atoms with Crippen LogP contribution in [0.15, 0.2) is 48.5 Å². The molecule has 150 valence electrons. The fourth-order valence-electron chi connectivity index (χ4n) is 3.18. The highest BCUT2D eigenvalue weighted by atomic mass is 35.5. The first-order valence-electron chi connectivity index (χ1n) is 8.79. The summed E-state index contributed by atoms with van der Waals surface area (Å²) >= 11 is 0. The van der Waals surface area contributed by atoms with Gasteiger partial charge in [0.05, 0.1) is 6.04 Å². The van der Waals surface area contributed by atoms with Gasteiger partial charge in [-0.05, 0) is 24.1 Å². The van der Waals surface area contributed by atoms with Crippen LogP contribution in [0.5, 0.6) is 0 Å². The number of piperazine rings is 1. The van der Waals surface area contributed by atoms with Crippen LogP contribution >= 0.6 is 12.4 Å². The average Bonchev–Trinajstić information content (AvgIpc) is 2.68. The molecule has 2 amide bonds. The van der Waals surface area contributed by atoms with Crippen LogP contribution in [-0.2, 0) is 11.2 Å². The molecule has 0 unspecified atom stereocenters. The predicted molar refractivity (Wildman–Crippen MR) is 104 cm³/mol. The number of carbonyl (C=O) groups excluding carboxylic acids is 2. The molecular weight excluding hydrogens is 388 g/mol. The van der Waals surface area contributed by atoms with Crippen LogP contribution in [0.3, 0.4) is 0 Å².